The number of carbonyl (C=O) groups is 7. The summed E-state index contributed by atoms with van der Waals surface area (Å²) < 4.78 is 11.0. The van der Waals surface area contributed by atoms with Gasteiger partial charge in [-0.25, -0.2) is 9.59 Å². The molecule has 7 rings (SSSR count). The summed E-state index contributed by atoms with van der Waals surface area (Å²) in [5.74, 6) is -5.19. The number of anilines is 2. The van der Waals surface area contributed by atoms with E-state index in [-0.39, 0.29) is 48.1 Å². The number of aliphatic carboxylic acids is 2. The van der Waals surface area contributed by atoms with Gasteiger partial charge in [0.2, 0.25) is 11.8 Å². The molecular weight excluding hydrogens is 881 g/mol. The van der Waals surface area contributed by atoms with Gasteiger partial charge in [0, 0.05) is 69.5 Å². The number of hydrogen-bond donors (Lipinski definition) is 9. The summed E-state index contributed by atoms with van der Waals surface area (Å²) in [5.41, 5.74) is 15.2. The molecule has 19 nitrogen and oxygen atoms in total. The molecule has 2 aromatic heterocycles. The second kappa shape index (κ2) is 20.2. The van der Waals surface area contributed by atoms with Gasteiger partial charge in [0.25, 0.3) is 11.8 Å². The van der Waals surface area contributed by atoms with Crippen molar-refractivity contribution < 1.29 is 53.2 Å². The number of nitrogens with two attached hydrogens (primary N) is 2. The van der Waals surface area contributed by atoms with Crippen LogP contribution in [0.1, 0.15) is 45.8 Å². The molecule has 0 aliphatic carbocycles. The van der Waals surface area contributed by atoms with Crippen LogP contribution in [0.2, 0.25) is 0 Å². The number of amides is 4. The van der Waals surface area contributed by atoms with Gasteiger partial charge in [-0.05, 0) is 47.3 Å². The van der Waals surface area contributed by atoms with Gasteiger partial charge in [-0.15, -0.1) is 0 Å². The molecule has 0 spiro atoms. The minimum Gasteiger partial charge on any atom is -0.481 e. The number of nitrogens with one attached hydrogen (secondary N) is 5. The molecule has 11 N–H and O–H groups in total. The fourth-order valence-corrected chi connectivity index (χ4v) is 9.35. The first kappa shape index (κ1) is 45.9. The fraction of sp³-hybridized carbons (Fsp3) is 0.250. The van der Waals surface area contributed by atoms with E-state index in [2.05, 4.69) is 25.9 Å². The predicted octanol–water partition coefficient (Wildman–Crippen LogP) is 4.53. The van der Waals surface area contributed by atoms with Crippen molar-refractivity contribution in [2.75, 3.05) is 41.4 Å². The van der Waals surface area contributed by atoms with Gasteiger partial charge >= 0.3 is 18.1 Å². The van der Waals surface area contributed by atoms with Crippen molar-refractivity contribution in [1.82, 2.24) is 20.6 Å². The van der Waals surface area contributed by atoms with E-state index < -0.39 is 54.5 Å². The largest absolute Gasteiger partial charge is 0.513 e. The van der Waals surface area contributed by atoms with E-state index in [0.29, 0.717) is 45.6 Å². The van der Waals surface area contributed by atoms with Gasteiger partial charge < -0.3 is 62.0 Å². The van der Waals surface area contributed by atoms with Crippen LogP contribution >= 0.6 is 21.6 Å². The van der Waals surface area contributed by atoms with E-state index in [4.69, 9.17) is 20.9 Å². The van der Waals surface area contributed by atoms with Gasteiger partial charge in [-0.3, -0.25) is 24.0 Å². The molecule has 0 saturated heterocycles. The molecule has 1 aliphatic heterocycles. The van der Waals surface area contributed by atoms with Crippen molar-refractivity contribution in [3.8, 4) is 5.75 Å². The highest BCUT2D eigenvalue weighted by molar-refractivity contribution is 8.76. The number of hydrogen-bond acceptors (Lipinski definition) is 13. The van der Waals surface area contributed by atoms with Crippen LogP contribution in [0.4, 0.5) is 16.2 Å². The predicted molar refractivity (Wildman–Crippen MR) is 246 cm³/mol. The average Bonchev–Trinajstić information content (AvgIpc) is 4.01. The molecular formula is C44H44N8O11S2. The number of carbonyl (C=O) groups excluding carboxylic acids is 5. The summed E-state index contributed by atoms with van der Waals surface area (Å²) in [6, 6.07) is 21.2. The number of carboxylic acid groups (broad SMARTS) is 2. The highest BCUT2D eigenvalue weighted by Crippen LogP contribution is 2.45. The van der Waals surface area contributed by atoms with Gasteiger partial charge in [-0.1, -0.05) is 71.0 Å². The van der Waals surface area contributed by atoms with Crippen molar-refractivity contribution in [3.63, 3.8) is 0 Å². The summed E-state index contributed by atoms with van der Waals surface area (Å²) in [5, 5.41) is 29.3. The molecule has 3 heterocycles. The van der Waals surface area contributed by atoms with Crippen molar-refractivity contribution in [2.24, 2.45) is 11.5 Å². The molecule has 21 heteroatoms. The first-order valence-electron chi connectivity index (χ1n) is 20.2. The SMILES string of the molecule is CC1CN(C(=O)c2cc3cc(NC(=O)c4cc5ccccc5[nH]4)ccc3[nH]2)c2cc(OC(=O)OCCSSCC(NC(=O)C(CC(=O)O)NC(=O)C(N)CN)C(=O)O)c3ccccc3c21. The van der Waals surface area contributed by atoms with Crippen LogP contribution in [-0.2, 0) is 23.9 Å². The van der Waals surface area contributed by atoms with Crippen LogP contribution in [0.3, 0.4) is 0 Å². The number of para-hydroxylation sites is 1. The number of nitrogens with zero attached hydrogens (tertiary/aromatic N) is 1. The van der Waals surface area contributed by atoms with Crippen LogP contribution in [0.5, 0.6) is 5.75 Å². The van der Waals surface area contributed by atoms with Crippen LogP contribution < -0.4 is 37.1 Å². The maximum atomic E-state index is 14.2. The third-order valence-corrected chi connectivity index (χ3v) is 12.9. The Labute approximate surface area is 377 Å². The zero-order valence-electron chi connectivity index (χ0n) is 34.6. The van der Waals surface area contributed by atoms with Crippen LogP contribution in [0.25, 0.3) is 32.6 Å². The average molecular weight is 925 g/mol. The Morgan fingerprint density at radius 1 is 0.831 bits per heavy atom. The topological polar surface area (TPSA) is 301 Å². The molecule has 4 aromatic carbocycles. The van der Waals surface area contributed by atoms with Crippen molar-refractivity contribution >= 4 is 107 Å². The molecule has 0 bridgehead atoms. The smallest absolute Gasteiger partial charge is 0.481 e. The maximum absolute atomic E-state index is 14.2. The maximum Gasteiger partial charge on any atom is 0.513 e. The monoisotopic (exact) mass is 924 g/mol. The minimum atomic E-state index is -1.60. The van der Waals surface area contributed by atoms with Crippen LogP contribution in [0, 0.1) is 0 Å². The van der Waals surface area contributed by atoms with Gasteiger partial charge in [0.05, 0.1) is 18.2 Å². The zero-order chi connectivity index (χ0) is 46.4. The molecule has 4 amide bonds. The fourth-order valence-electron chi connectivity index (χ4n) is 7.37. The number of benzene rings is 4. The number of aromatic amines is 2. The quantitative estimate of drug-likeness (QED) is 0.0248. The molecule has 65 heavy (non-hydrogen) atoms. The van der Waals surface area contributed by atoms with E-state index in [1.165, 1.54) is 0 Å². The van der Waals surface area contributed by atoms with Gasteiger partial charge in [0.15, 0.2) is 0 Å². The van der Waals surface area contributed by atoms with E-state index in [0.717, 1.165) is 43.4 Å². The molecule has 6 aromatic rings. The summed E-state index contributed by atoms with van der Waals surface area (Å²) >= 11 is 0. The third kappa shape index (κ3) is 10.7. The Morgan fingerprint density at radius 2 is 1.52 bits per heavy atom. The standard InChI is InChI=1S/C44H44N8O11S2/c1-22-20-52(42(58)33-16-24-14-25(10-11-30(24)49-33)47-40(56)31-15-23-6-2-5-9-29(23)48-31)35-18-36(26-7-3-4-8-27(26)38(22)35)63-44(61)62-12-13-64-65-21-34(43(59)60)51-41(57)32(17-37(53)54)50-39(55)28(46)19-45/h2-11,14-16,18,22,28,32,34,48-49H,12-13,17,19-21,45-46H2,1H3,(H,47,56)(H,50,55)(H,51,57)(H,53,54)(H,59,60). The first-order chi connectivity index (χ1) is 31.2. The van der Waals surface area contributed by atoms with E-state index in [1.54, 1.807) is 53.4 Å². The summed E-state index contributed by atoms with van der Waals surface area (Å²) in [6.07, 6.45) is -1.83. The lowest BCUT2D eigenvalue weighted by Gasteiger charge is -2.21. The van der Waals surface area contributed by atoms with Crippen molar-refractivity contribution in [3.05, 3.63) is 102 Å². The molecule has 0 fully saturated rings. The second-order valence-electron chi connectivity index (χ2n) is 15.1. The molecule has 1 aliphatic rings. The zero-order valence-corrected chi connectivity index (χ0v) is 36.3. The second-order valence-corrected chi connectivity index (χ2v) is 17.7. The number of aromatic nitrogens is 2. The molecule has 0 radical (unpaired) electrons. The number of fused-ring (bicyclic) bond motifs is 5. The molecule has 338 valence electrons. The lowest BCUT2D eigenvalue weighted by molar-refractivity contribution is -0.143. The number of rotatable bonds is 18. The molecule has 0 saturated carbocycles. The van der Waals surface area contributed by atoms with Crippen molar-refractivity contribution in [2.45, 2.75) is 37.4 Å². The van der Waals surface area contributed by atoms with Gasteiger partial charge in [-0.2, -0.15) is 0 Å². The number of ether oxygens (including phenoxy) is 2. The van der Waals surface area contributed by atoms with E-state index in [9.17, 15) is 43.8 Å². The lowest BCUT2D eigenvalue weighted by Crippen LogP contribution is -2.56. The van der Waals surface area contributed by atoms with Crippen LogP contribution in [0.15, 0.2) is 84.9 Å². The summed E-state index contributed by atoms with van der Waals surface area (Å²) in [7, 11) is 2.19. The Balaban J connectivity index is 0.958. The lowest BCUT2D eigenvalue weighted by atomic mass is 9.95. The Hall–Kier alpha value is -7.07. The Morgan fingerprint density at radius 3 is 2.26 bits per heavy atom. The Kier molecular flexibility index (Phi) is 14.3. The number of carboxylic acids is 2. The first-order valence-corrected chi connectivity index (χ1v) is 22.7. The van der Waals surface area contributed by atoms with Gasteiger partial charge in [0.1, 0.15) is 35.8 Å². The Bertz CT molecular complexity index is 2800. The minimum absolute atomic E-state index is 0.0634. The molecule has 4 unspecified atom stereocenters. The van der Waals surface area contributed by atoms with Crippen molar-refractivity contribution in [1.29, 1.82) is 0 Å². The third-order valence-electron chi connectivity index (χ3n) is 10.5. The number of H-pyrrole nitrogens is 2. The van der Waals surface area contributed by atoms with Crippen LogP contribution in [-0.4, -0.2) is 111 Å². The molecule has 4 atom stereocenters. The summed E-state index contributed by atoms with van der Waals surface area (Å²) in [6.45, 7) is 1.98. The highest BCUT2D eigenvalue weighted by Gasteiger charge is 2.35. The highest BCUT2D eigenvalue weighted by atomic mass is 33.1. The summed E-state index contributed by atoms with van der Waals surface area (Å²) in [4.78, 5) is 96.3. The normalized spacial score (nSPS) is 14.6. The van der Waals surface area contributed by atoms with E-state index in [1.807, 2.05) is 43.3 Å². The van der Waals surface area contributed by atoms with E-state index >= 15 is 0 Å².